The van der Waals surface area contributed by atoms with E-state index in [0.29, 0.717) is 0 Å². The van der Waals surface area contributed by atoms with Gasteiger partial charge in [-0.05, 0) is 20.0 Å². The van der Waals surface area contributed by atoms with Gasteiger partial charge in [-0.15, -0.1) is 0 Å². The molecule has 1 aliphatic rings. The van der Waals surface area contributed by atoms with E-state index in [4.69, 9.17) is 0 Å². The van der Waals surface area contributed by atoms with Gasteiger partial charge in [0.1, 0.15) is 0 Å². The summed E-state index contributed by atoms with van der Waals surface area (Å²) >= 11 is 2.08. The third-order valence-electron chi connectivity index (χ3n) is 1.52. The van der Waals surface area contributed by atoms with Crippen LogP contribution in [-0.2, 0) is 0 Å². The van der Waals surface area contributed by atoms with Crippen LogP contribution >= 0.6 is 11.8 Å². The average molecular weight is 145 g/mol. The molecule has 0 aromatic rings. The molecule has 0 saturated carbocycles. The number of nitrogens with zero attached hydrogens (tertiary/aromatic N) is 1. The molecule has 0 aromatic carbocycles. The average Bonchev–Trinajstić information content (AvgIpc) is 2.50. The Labute approximate surface area is 61.8 Å². The second kappa shape index (κ2) is 3.47. The van der Waals surface area contributed by atoms with Crippen LogP contribution in [0.1, 0.15) is 13.3 Å². The zero-order chi connectivity index (χ0) is 6.69. The molecule has 0 spiro atoms. The summed E-state index contributed by atoms with van der Waals surface area (Å²) < 4.78 is 0. The zero-order valence-corrected chi connectivity index (χ0v) is 7.08. The molecule has 1 nitrogen and oxygen atoms in total. The summed E-state index contributed by atoms with van der Waals surface area (Å²) in [6.07, 6.45) is 1.29. The van der Waals surface area contributed by atoms with Crippen LogP contribution < -0.4 is 0 Å². The summed E-state index contributed by atoms with van der Waals surface area (Å²) in [6, 6.07) is 0. The van der Waals surface area contributed by atoms with E-state index in [-0.39, 0.29) is 0 Å². The van der Waals surface area contributed by atoms with Crippen molar-refractivity contribution in [1.82, 2.24) is 4.90 Å². The van der Waals surface area contributed by atoms with Crippen molar-refractivity contribution < 1.29 is 0 Å². The van der Waals surface area contributed by atoms with Crippen molar-refractivity contribution >= 4 is 11.8 Å². The SMILES string of the molecule is CCCN(C)CC1CS1. The molecule has 0 radical (unpaired) electrons. The number of hydrogen-bond donors (Lipinski definition) is 0. The number of hydrogen-bond acceptors (Lipinski definition) is 2. The Balaban J connectivity index is 1.95. The van der Waals surface area contributed by atoms with Crippen LogP contribution in [0, 0.1) is 0 Å². The van der Waals surface area contributed by atoms with Gasteiger partial charge in [-0.1, -0.05) is 6.92 Å². The van der Waals surface area contributed by atoms with Crippen LogP contribution in [0.15, 0.2) is 0 Å². The highest BCUT2D eigenvalue weighted by Gasteiger charge is 2.23. The van der Waals surface area contributed by atoms with E-state index in [1.54, 1.807) is 0 Å². The van der Waals surface area contributed by atoms with E-state index < -0.39 is 0 Å². The van der Waals surface area contributed by atoms with Crippen molar-refractivity contribution in [3.05, 3.63) is 0 Å². The van der Waals surface area contributed by atoms with Gasteiger partial charge < -0.3 is 4.90 Å². The van der Waals surface area contributed by atoms with Crippen LogP contribution in [0.5, 0.6) is 0 Å². The summed E-state index contributed by atoms with van der Waals surface area (Å²) in [5.41, 5.74) is 0. The van der Waals surface area contributed by atoms with Crippen LogP contribution in [0.3, 0.4) is 0 Å². The van der Waals surface area contributed by atoms with Gasteiger partial charge in [-0.25, -0.2) is 0 Å². The third kappa shape index (κ3) is 3.11. The fourth-order valence-corrected chi connectivity index (χ4v) is 1.60. The van der Waals surface area contributed by atoms with Gasteiger partial charge in [-0.3, -0.25) is 0 Å². The van der Waals surface area contributed by atoms with Crippen LogP contribution in [-0.4, -0.2) is 36.0 Å². The topological polar surface area (TPSA) is 3.24 Å². The fourth-order valence-electron chi connectivity index (χ4n) is 0.994. The van der Waals surface area contributed by atoms with Gasteiger partial charge in [0.15, 0.2) is 0 Å². The van der Waals surface area contributed by atoms with Crippen molar-refractivity contribution in [2.24, 2.45) is 0 Å². The molecule has 0 amide bonds. The maximum absolute atomic E-state index is 2.42. The molecular weight excluding hydrogens is 130 g/mol. The summed E-state index contributed by atoms with van der Waals surface area (Å²) in [5, 5.41) is 0.974. The predicted molar refractivity (Wildman–Crippen MR) is 44.0 cm³/mol. The Morgan fingerprint density at radius 1 is 1.67 bits per heavy atom. The molecule has 0 N–H and O–H groups in total. The number of thioether (sulfide) groups is 1. The lowest BCUT2D eigenvalue weighted by atomic mass is 10.4. The summed E-state index contributed by atoms with van der Waals surface area (Å²) in [4.78, 5) is 2.42. The molecule has 54 valence electrons. The quantitative estimate of drug-likeness (QED) is 0.551. The van der Waals surface area contributed by atoms with Gasteiger partial charge >= 0.3 is 0 Å². The van der Waals surface area contributed by atoms with E-state index in [9.17, 15) is 0 Å². The summed E-state index contributed by atoms with van der Waals surface area (Å²) in [7, 11) is 2.21. The molecule has 2 heteroatoms. The highest BCUT2D eigenvalue weighted by Crippen LogP contribution is 2.30. The minimum atomic E-state index is 0.974. The molecule has 1 aliphatic heterocycles. The largest absolute Gasteiger partial charge is 0.305 e. The first kappa shape index (κ1) is 7.42. The monoisotopic (exact) mass is 145 g/mol. The highest BCUT2D eigenvalue weighted by molar-refractivity contribution is 8.06. The Kier molecular flexibility index (Phi) is 2.86. The minimum absolute atomic E-state index is 0.974. The third-order valence-corrected chi connectivity index (χ3v) is 2.48. The lowest BCUT2D eigenvalue weighted by Gasteiger charge is -2.13. The van der Waals surface area contributed by atoms with E-state index >= 15 is 0 Å². The summed E-state index contributed by atoms with van der Waals surface area (Å²) in [5.74, 6) is 1.40. The molecule has 0 aromatic heterocycles. The molecule has 1 unspecified atom stereocenters. The van der Waals surface area contributed by atoms with Crippen LogP contribution in [0.25, 0.3) is 0 Å². The van der Waals surface area contributed by atoms with Gasteiger partial charge in [0, 0.05) is 17.5 Å². The molecule has 9 heavy (non-hydrogen) atoms. The van der Waals surface area contributed by atoms with Crippen molar-refractivity contribution in [3.8, 4) is 0 Å². The second-order valence-electron chi connectivity index (χ2n) is 2.72. The van der Waals surface area contributed by atoms with Gasteiger partial charge in [-0.2, -0.15) is 11.8 Å². The normalized spacial score (nSPS) is 25.0. The second-order valence-corrected chi connectivity index (χ2v) is 4.05. The molecule has 0 aliphatic carbocycles. The molecule has 1 atom stereocenters. The molecule has 0 bridgehead atoms. The van der Waals surface area contributed by atoms with E-state index in [1.165, 1.54) is 25.3 Å². The van der Waals surface area contributed by atoms with Gasteiger partial charge in [0.2, 0.25) is 0 Å². The molecule has 1 rings (SSSR count). The molecular formula is C7H15NS. The Morgan fingerprint density at radius 2 is 2.33 bits per heavy atom. The maximum Gasteiger partial charge on any atom is 0.0265 e. The first-order chi connectivity index (χ1) is 4.33. The maximum atomic E-state index is 2.42. The standard InChI is InChI=1S/C7H15NS/c1-3-4-8(2)5-7-6-9-7/h7H,3-6H2,1-2H3. The number of rotatable bonds is 4. The minimum Gasteiger partial charge on any atom is -0.305 e. The molecule has 1 saturated heterocycles. The van der Waals surface area contributed by atoms with Crippen molar-refractivity contribution in [1.29, 1.82) is 0 Å². The fraction of sp³-hybridized carbons (Fsp3) is 1.00. The van der Waals surface area contributed by atoms with Crippen LogP contribution in [0.4, 0.5) is 0 Å². The van der Waals surface area contributed by atoms with E-state index in [0.717, 1.165) is 5.25 Å². The van der Waals surface area contributed by atoms with Crippen LogP contribution in [0.2, 0.25) is 0 Å². The smallest absolute Gasteiger partial charge is 0.0265 e. The van der Waals surface area contributed by atoms with Crippen molar-refractivity contribution in [2.45, 2.75) is 18.6 Å². The first-order valence-corrected chi connectivity index (χ1v) is 4.68. The predicted octanol–water partition coefficient (Wildman–Crippen LogP) is 1.44. The summed E-state index contributed by atoms with van der Waals surface area (Å²) in [6.45, 7) is 4.80. The Hall–Kier alpha value is 0.310. The van der Waals surface area contributed by atoms with Gasteiger partial charge in [0.05, 0.1) is 0 Å². The zero-order valence-electron chi connectivity index (χ0n) is 6.26. The van der Waals surface area contributed by atoms with E-state index in [1.807, 2.05) is 0 Å². The highest BCUT2D eigenvalue weighted by atomic mass is 32.2. The lowest BCUT2D eigenvalue weighted by molar-refractivity contribution is 0.345. The first-order valence-electron chi connectivity index (χ1n) is 3.63. The van der Waals surface area contributed by atoms with E-state index in [2.05, 4.69) is 30.6 Å². The van der Waals surface area contributed by atoms with Crippen molar-refractivity contribution in [3.63, 3.8) is 0 Å². The molecule has 1 heterocycles. The van der Waals surface area contributed by atoms with Crippen molar-refractivity contribution in [2.75, 3.05) is 25.9 Å². The Bertz CT molecular complexity index is 81.0. The lowest BCUT2D eigenvalue weighted by Crippen LogP contribution is -2.23. The van der Waals surface area contributed by atoms with Gasteiger partial charge in [0.25, 0.3) is 0 Å². The Morgan fingerprint density at radius 3 is 2.78 bits per heavy atom. The molecule has 1 fully saturated rings.